The minimum atomic E-state index is -0.729. The van der Waals surface area contributed by atoms with E-state index < -0.39 is 17.8 Å². The van der Waals surface area contributed by atoms with Crippen LogP contribution in [0.15, 0.2) is 48.5 Å². The summed E-state index contributed by atoms with van der Waals surface area (Å²) in [6.07, 6.45) is 0. The first kappa shape index (κ1) is 20.0. The van der Waals surface area contributed by atoms with Gasteiger partial charge in [0, 0.05) is 32.7 Å². The summed E-state index contributed by atoms with van der Waals surface area (Å²) >= 11 is 0. The molecule has 0 unspecified atom stereocenters. The third kappa shape index (κ3) is 5.87. The Bertz CT molecular complexity index is 835. The number of nitrogens with one attached hydrogen (secondary N) is 2. The van der Waals surface area contributed by atoms with Crippen molar-refractivity contribution in [1.82, 2.24) is 15.1 Å². The molecule has 2 aromatic carbocycles. The van der Waals surface area contributed by atoms with E-state index in [0.29, 0.717) is 0 Å². The molecule has 2 N–H and O–H groups in total. The van der Waals surface area contributed by atoms with Crippen LogP contribution in [-0.2, 0) is 11.3 Å². The Hall–Kier alpha value is -2.77. The van der Waals surface area contributed by atoms with Crippen LogP contribution >= 0.6 is 0 Å². The van der Waals surface area contributed by atoms with Gasteiger partial charge in [0.2, 0.25) is 5.91 Å². The van der Waals surface area contributed by atoms with Gasteiger partial charge in [0.05, 0.1) is 12.2 Å². The lowest BCUT2D eigenvalue weighted by atomic mass is 10.1. The van der Waals surface area contributed by atoms with E-state index in [1.54, 1.807) is 6.07 Å². The van der Waals surface area contributed by atoms with Gasteiger partial charge in [-0.15, -0.1) is 0 Å². The van der Waals surface area contributed by atoms with Gasteiger partial charge in [-0.05, 0) is 24.6 Å². The third-order valence-electron chi connectivity index (χ3n) is 4.70. The van der Waals surface area contributed by atoms with E-state index in [9.17, 15) is 14.0 Å². The number of anilines is 1. The molecule has 6 nitrogen and oxygen atoms in total. The van der Waals surface area contributed by atoms with Crippen molar-refractivity contribution in [3.63, 3.8) is 0 Å². The number of amides is 3. The molecule has 1 heterocycles. The number of piperazine rings is 1. The zero-order valence-corrected chi connectivity index (χ0v) is 16.0. The normalized spacial score (nSPS) is 15.2. The van der Waals surface area contributed by atoms with Crippen molar-refractivity contribution in [3.05, 3.63) is 65.5 Å². The van der Waals surface area contributed by atoms with Crippen LogP contribution in [-0.4, -0.2) is 54.5 Å². The van der Waals surface area contributed by atoms with E-state index in [2.05, 4.69) is 46.7 Å². The fourth-order valence-corrected chi connectivity index (χ4v) is 3.26. The Morgan fingerprint density at radius 1 is 1.00 bits per heavy atom. The average molecular weight is 384 g/mol. The van der Waals surface area contributed by atoms with Crippen LogP contribution in [0.4, 0.5) is 14.9 Å². The van der Waals surface area contributed by atoms with Gasteiger partial charge in [0.25, 0.3) is 0 Å². The van der Waals surface area contributed by atoms with Crippen LogP contribution in [0.5, 0.6) is 0 Å². The lowest BCUT2D eigenvalue weighted by Crippen LogP contribution is -2.50. The second kappa shape index (κ2) is 9.43. The van der Waals surface area contributed by atoms with Gasteiger partial charge in [-0.25, -0.2) is 9.18 Å². The molecule has 1 aliphatic rings. The zero-order valence-electron chi connectivity index (χ0n) is 16.0. The highest BCUT2D eigenvalue weighted by Crippen LogP contribution is 2.12. The molecule has 0 spiro atoms. The van der Waals surface area contributed by atoms with Crippen LogP contribution in [0.25, 0.3) is 0 Å². The molecular formula is C21H25FN4O2. The van der Waals surface area contributed by atoms with E-state index in [1.165, 1.54) is 29.3 Å². The van der Waals surface area contributed by atoms with E-state index in [-0.39, 0.29) is 12.2 Å². The lowest BCUT2D eigenvalue weighted by molar-refractivity contribution is -0.121. The summed E-state index contributed by atoms with van der Waals surface area (Å²) in [6.45, 7) is 6.37. The van der Waals surface area contributed by atoms with E-state index in [0.717, 1.165) is 32.7 Å². The second-order valence-electron chi connectivity index (χ2n) is 7.02. The van der Waals surface area contributed by atoms with Gasteiger partial charge in [0.1, 0.15) is 5.82 Å². The predicted octanol–water partition coefficient (Wildman–Crippen LogP) is 2.60. The first-order chi connectivity index (χ1) is 13.5. The molecule has 0 aromatic heterocycles. The summed E-state index contributed by atoms with van der Waals surface area (Å²) in [5, 5.41) is 4.59. The molecule has 3 amide bonds. The topological polar surface area (TPSA) is 64.7 Å². The molecule has 7 heteroatoms. The standard InChI is InChI=1S/C21H25FN4O2/c1-16-5-4-6-17(13-16)14-25-9-11-26(12-10-25)15-20(27)24-21(28)23-19-8-3-2-7-18(19)22/h2-8,13H,9-12,14-15H2,1H3,(H2,23,24,27,28). The van der Waals surface area contributed by atoms with Crippen molar-refractivity contribution in [2.45, 2.75) is 13.5 Å². The second-order valence-corrected chi connectivity index (χ2v) is 7.02. The summed E-state index contributed by atoms with van der Waals surface area (Å²) in [7, 11) is 0. The number of rotatable bonds is 5. The number of hydrogen-bond acceptors (Lipinski definition) is 4. The largest absolute Gasteiger partial charge is 0.326 e. The number of benzene rings is 2. The summed E-state index contributed by atoms with van der Waals surface area (Å²) in [5.74, 6) is -0.948. The highest BCUT2D eigenvalue weighted by Gasteiger charge is 2.20. The van der Waals surface area contributed by atoms with E-state index in [1.807, 2.05) is 4.90 Å². The van der Waals surface area contributed by atoms with Crippen molar-refractivity contribution in [2.75, 3.05) is 38.0 Å². The molecular weight excluding hydrogens is 359 g/mol. The van der Waals surface area contributed by atoms with Crippen molar-refractivity contribution in [3.8, 4) is 0 Å². The first-order valence-corrected chi connectivity index (χ1v) is 9.35. The fraction of sp³-hybridized carbons (Fsp3) is 0.333. The number of nitrogens with zero attached hydrogens (tertiary/aromatic N) is 2. The molecule has 0 radical (unpaired) electrons. The Kier molecular flexibility index (Phi) is 6.73. The molecule has 148 valence electrons. The van der Waals surface area contributed by atoms with E-state index in [4.69, 9.17) is 0 Å². The number of para-hydroxylation sites is 1. The quantitative estimate of drug-likeness (QED) is 0.832. The van der Waals surface area contributed by atoms with Gasteiger partial charge >= 0.3 is 6.03 Å². The SMILES string of the molecule is Cc1cccc(CN2CCN(CC(=O)NC(=O)Nc3ccccc3F)CC2)c1. The van der Waals surface area contributed by atoms with Crippen molar-refractivity contribution >= 4 is 17.6 Å². The summed E-state index contributed by atoms with van der Waals surface area (Å²) < 4.78 is 13.5. The van der Waals surface area contributed by atoms with Crippen LogP contribution in [0.2, 0.25) is 0 Å². The third-order valence-corrected chi connectivity index (χ3v) is 4.70. The number of imide groups is 1. The van der Waals surface area contributed by atoms with Crippen molar-refractivity contribution in [1.29, 1.82) is 0 Å². The lowest BCUT2D eigenvalue weighted by Gasteiger charge is -2.34. The van der Waals surface area contributed by atoms with Gasteiger partial charge in [-0.3, -0.25) is 19.9 Å². The molecule has 1 saturated heterocycles. The van der Waals surface area contributed by atoms with Gasteiger partial charge in [-0.2, -0.15) is 0 Å². The summed E-state index contributed by atoms with van der Waals surface area (Å²) in [6, 6.07) is 13.6. The highest BCUT2D eigenvalue weighted by atomic mass is 19.1. The molecule has 1 fully saturated rings. The monoisotopic (exact) mass is 384 g/mol. The van der Waals surface area contributed by atoms with Crippen LogP contribution < -0.4 is 10.6 Å². The maximum atomic E-state index is 13.5. The van der Waals surface area contributed by atoms with Crippen molar-refractivity contribution < 1.29 is 14.0 Å². The van der Waals surface area contributed by atoms with E-state index >= 15 is 0 Å². The molecule has 0 aliphatic carbocycles. The number of carbonyl (C=O) groups excluding carboxylic acids is 2. The zero-order chi connectivity index (χ0) is 19.9. The Morgan fingerprint density at radius 3 is 2.43 bits per heavy atom. The minimum absolute atomic E-state index is 0.0394. The number of aryl methyl sites for hydroxylation is 1. The first-order valence-electron chi connectivity index (χ1n) is 9.35. The van der Waals surface area contributed by atoms with Crippen LogP contribution in [0.1, 0.15) is 11.1 Å². The smallest absolute Gasteiger partial charge is 0.305 e. The summed E-state index contributed by atoms with van der Waals surface area (Å²) in [4.78, 5) is 28.3. The molecule has 1 aliphatic heterocycles. The van der Waals surface area contributed by atoms with Gasteiger partial charge in [-0.1, -0.05) is 42.0 Å². The maximum absolute atomic E-state index is 13.5. The maximum Gasteiger partial charge on any atom is 0.326 e. The fourth-order valence-electron chi connectivity index (χ4n) is 3.26. The van der Waals surface area contributed by atoms with Crippen LogP contribution in [0, 0.1) is 12.7 Å². The Morgan fingerprint density at radius 2 is 1.71 bits per heavy atom. The van der Waals surface area contributed by atoms with Crippen LogP contribution in [0.3, 0.4) is 0 Å². The number of hydrogen-bond donors (Lipinski definition) is 2. The molecule has 0 atom stereocenters. The Labute approximate surface area is 164 Å². The van der Waals surface area contributed by atoms with Gasteiger partial charge < -0.3 is 5.32 Å². The molecule has 28 heavy (non-hydrogen) atoms. The Balaban J connectivity index is 1.40. The highest BCUT2D eigenvalue weighted by molar-refractivity contribution is 6.01. The van der Waals surface area contributed by atoms with Crippen molar-refractivity contribution in [2.24, 2.45) is 0 Å². The molecule has 3 rings (SSSR count). The number of halogens is 1. The number of urea groups is 1. The summed E-state index contributed by atoms with van der Waals surface area (Å²) in [5.41, 5.74) is 2.58. The van der Waals surface area contributed by atoms with Gasteiger partial charge in [0.15, 0.2) is 0 Å². The average Bonchev–Trinajstić information content (AvgIpc) is 2.65. The predicted molar refractivity (Wildman–Crippen MR) is 106 cm³/mol. The minimum Gasteiger partial charge on any atom is -0.305 e. The molecule has 2 aromatic rings. The number of carbonyl (C=O) groups is 2. The molecule has 0 saturated carbocycles. The molecule has 0 bridgehead atoms.